The molecule has 0 unspecified atom stereocenters. The fraction of sp³-hybridized carbons (Fsp3) is 0.846. The number of unbranched alkanes of at least 4 members (excludes halogenated alkanes) is 5. The van der Waals surface area contributed by atoms with E-state index < -0.39 is 0 Å². The summed E-state index contributed by atoms with van der Waals surface area (Å²) in [7, 11) is 2.01. The van der Waals surface area contributed by atoms with Gasteiger partial charge in [0.05, 0.1) is 6.54 Å². The lowest BCUT2D eigenvalue weighted by Gasteiger charge is -2.04. The summed E-state index contributed by atoms with van der Waals surface area (Å²) in [4.78, 5) is 0. The van der Waals surface area contributed by atoms with Crippen molar-refractivity contribution >= 4 is 0 Å². The maximum atomic E-state index is 4.12. The van der Waals surface area contributed by atoms with Gasteiger partial charge in [-0.3, -0.25) is 0 Å². The minimum absolute atomic E-state index is 0.826. The third-order valence-corrected chi connectivity index (χ3v) is 3.17. The molecule has 17 heavy (non-hydrogen) atoms. The van der Waals surface area contributed by atoms with E-state index in [0.717, 1.165) is 24.7 Å². The van der Waals surface area contributed by atoms with Gasteiger partial charge in [-0.25, -0.2) is 0 Å². The van der Waals surface area contributed by atoms with Crippen LogP contribution in [0.5, 0.6) is 0 Å². The summed E-state index contributed by atoms with van der Waals surface area (Å²) >= 11 is 0. The van der Waals surface area contributed by atoms with Crippen molar-refractivity contribution in [3.05, 3.63) is 11.6 Å². The SMILES string of the molecule is CCCCCCCCNCc1nnc(C)n1C. The maximum Gasteiger partial charge on any atom is 0.146 e. The van der Waals surface area contributed by atoms with Crippen LogP contribution in [-0.4, -0.2) is 21.3 Å². The Morgan fingerprint density at radius 3 is 2.41 bits per heavy atom. The molecule has 0 aliphatic heterocycles. The molecule has 0 saturated heterocycles. The summed E-state index contributed by atoms with van der Waals surface area (Å²) in [6.07, 6.45) is 8.07. The Hall–Kier alpha value is -0.900. The van der Waals surface area contributed by atoms with E-state index in [9.17, 15) is 0 Å². The van der Waals surface area contributed by atoms with Gasteiger partial charge in [-0.1, -0.05) is 39.0 Å². The average molecular weight is 238 g/mol. The molecule has 1 N–H and O–H groups in total. The van der Waals surface area contributed by atoms with Gasteiger partial charge in [-0.05, 0) is 19.9 Å². The summed E-state index contributed by atoms with van der Waals surface area (Å²) in [5.74, 6) is 2.00. The lowest BCUT2D eigenvalue weighted by Crippen LogP contribution is -2.17. The second-order valence-corrected chi connectivity index (χ2v) is 4.67. The van der Waals surface area contributed by atoms with Crippen LogP contribution in [0.25, 0.3) is 0 Å². The van der Waals surface area contributed by atoms with Crippen molar-refractivity contribution in [1.29, 1.82) is 0 Å². The number of hydrogen-bond donors (Lipinski definition) is 1. The van der Waals surface area contributed by atoms with Crippen LogP contribution in [-0.2, 0) is 13.6 Å². The number of hydrogen-bond acceptors (Lipinski definition) is 3. The van der Waals surface area contributed by atoms with E-state index in [1.165, 1.54) is 38.5 Å². The summed E-state index contributed by atoms with van der Waals surface area (Å²) in [5, 5.41) is 11.6. The Bertz CT molecular complexity index is 306. The van der Waals surface area contributed by atoms with Gasteiger partial charge in [-0.2, -0.15) is 0 Å². The molecule has 0 spiro atoms. The molecular formula is C13H26N4. The van der Waals surface area contributed by atoms with E-state index in [-0.39, 0.29) is 0 Å². The lowest BCUT2D eigenvalue weighted by atomic mass is 10.1. The zero-order valence-corrected chi connectivity index (χ0v) is 11.5. The molecule has 0 radical (unpaired) electrons. The van der Waals surface area contributed by atoms with Crippen LogP contribution in [0, 0.1) is 6.92 Å². The molecule has 0 aliphatic rings. The molecule has 0 amide bonds. The quantitative estimate of drug-likeness (QED) is 0.672. The number of nitrogens with one attached hydrogen (secondary N) is 1. The first-order valence-corrected chi connectivity index (χ1v) is 6.81. The number of rotatable bonds is 9. The first-order valence-electron chi connectivity index (χ1n) is 6.81. The third-order valence-electron chi connectivity index (χ3n) is 3.17. The summed E-state index contributed by atoms with van der Waals surface area (Å²) in [6, 6.07) is 0. The molecule has 0 bridgehead atoms. The molecule has 4 heteroatoms. The summed E-state index contributed by atoms with van der Waals surface area (Å²) in [5.41, 5.74) is 0. The lowest BCUT2D eigenvalue weighted by molar-refractivity contribution is 0.559. The van der Waals surface area contributed by atoms with Crippen LogP contribution in [0.2, 0.25) is 0 Å². The Kier molecular flexibility index (Phi) is 6.86. The average Bonchev–Trinajstić information content (AvgIpc) is 2.64. The van der Waals surface area contributed by atoms with Crippen LogP contribution >= 0.6 is 0 Å². The highest BCUT2D eigenvalue weighted by Gasteiger charge is 2.02. The standard InChI is InChI=1S/C13H26N4/c1-4-5-6-7-8-9-10-14-11-13-16-15-12(2)17(13)3/h14H,4-11H2,1-3H3. The molecule has 0 aliphatic carbocycles. The molecule has 0 aromatic carbocycles. The van der Waals surface area contributed by atoms with E-state index in [2.05, 4.69) is 22.4 Å². The van der Waals surface area contributed by atoms with Crippen LogP contribution in [0.4, 0.5) is 0 Å². The van der Waals surface area contributed by atoms with Crippen molar-refractivity contribution in [1.82, 2.24) is 20.1 Å². The van der Waals surface area contributed by atoms with Crippen LogP contribution in [0.1, 0.15) is 57.1 Å². The third kappa shape index (κ3) is 5.31. The Balaban J connectivity index is 1.99. The van der Waals surface area contributed by atoms with E-state index in [1.807, 2.05) is 18.5 Å². The minimum Gasteiger partial charge on any atom is -0.317 e. The predicted octanol–water partition coefficient (Wildman–Crippen LogP) is 2.57. The molecule has 0 saturated carbocycles. The molecule has 0 fully saturated rings. The number of aromatic nitrogens is 3. The largest absolute Gasteiger partial charge is 0.317 e. The van der Waals surface area contributed by atoms with Crippen molar-refractivity contribution < 1.29 is 0 Å². The summed E-state index contributed by atoms with van der Waals surface area (Å²) in [6.45, 7) is 6.14. The van der Waals surface area contributed by atoms with Gasteiger partial charge in [0.2, 0.25) is 0 Å². The molecule has 1 aromatic rings. The first-order chi connectivity index (χ1) is 8.25. The number of nitrogens with zero attached hydrogens (tertiary/aromatic N) is 3. The highest BCUT2D eigenvalue weighted by atomic mass is 15.3. The highest BCUT2D eigenvalue weighted by Crippen LogP contribution is 2.04. The Morgan fingerprint density at radius 1 is 1.06 bits per heavy atom. The molecule has 1 rings (SSSR count). The number of aryl methyl sites for hydroxylation is 1. The minimum atomic E-state index is 0.826. The van der Waals surface area contributed by atoms with E-state index in [4.69, 9.17) is 0 Å². The molecule has 1 heterocycles. The zero-order chi connectivity index (χ0) is 12.5. The first kappa shape index (κ1) is 14.2. The predicted molar refractivity (Wildman–Crippen MR) is 70.8 cm³/mol. The van der Waals surface area contributed by atoms with Gasteiger partial charge in [-0.15, -0.1) is 10.2 Å². The van der Waals surface area contributed by atoms with Crippen LogP contribution in [0.3, 0.4) is 0 Å². The fourth-order valence-electron chi connectivity index (χ4n) is 1.84. The van der Waals surface area contributed by atoms with Gasteiger partial charge in [0.1, 0.15) is 11.6 Å². The monoisotopic (exact) mass is 238 g/mol. The molecular weight excluding hydrogens is 212 g/mol. The normalized spacial score (nSPS) is 11.0. The Labute approximate surface area is 105 Å². The van der Waals surface area contributed by atoms with Crippen LogP contribution in [0.15, 0.2) is 0 Å². The summed E-state index contributed by atoms with van der Waals surface area (Å²) < 4.78 is 2.04. The smallest absolute Gasteiger partial charge is 0.146 e. The molecule has 1 aromatic heterocycles. The van der Waals surface area contributed by atoms with Gasteiger partial charge >= 0.3 is 0 Å². The topological polar surface area (TPSA) is 42.7 Å². The molecule has 4 nitrogen and oxygen atoms in total. The fourth-order valence-corrected chi connectivity index (χ4v) is 1.84. The molecule has 98 valence electrons. The van der Waals surface area contributed by atoms with Crippen molar-refractivity contribution in [2.45, 2.75) is 58.9 Å². The second kappa shape index (κ2) is 8.23. The highest BCUT2D eigenvalue weighted by molar-refractivity contribution is 4.91. The maximum absolute atomic E-state index is 4.12. The van der Waals surface area contributed by atoms with Crippen molar-refractivity contribution in [2.24, 2.45) is 7.05 Å². The van der Waals surface area contributed by atoms with Gasteiger partial charge in [0.15, 0.2) is 0 Å². The van der Waals surface area contributed by atoms with Gasteiger partial charge < -0.3 is 9.88 Å². The zero-order valence-electron chi connectivity index (χ0n) is 11.5. The molecule has 0 atom stereocenters. The second-order valence-electron chi connectivity index (χ2n) is 4.67. The van der Waals surface area contributed by atoms with E-state index >= 15 is 0 Å². The van der Waals surface area contributed by atoms with E-state index in [1.54, 1.807) is 0 Å². The van der Waals surface area contributed by atoms with Gasteiger partial charge in [0, 0.05) is 7.05 Å². The van der Waals surface area contributed by atoms with Crippen molar-refractivity contribution in [3.8, 4) is 0 Å². The van der Waals surface area contributed by atoms with Crippen molar-refractivity contribution in [3.63, 3.8) is 0 Å². The Morgan fingerprint density at radius 2 is 1.76 bits per heavy atom. The van der Waals surface area contributed by atoms with E-state index in [0.29, 0.717) is 0 Å². The van der Waals surface area contributed by atoms with Crippen LogP contribution < -0.4 is 5.32 Å². The van der Waals surface area contributed by atoms with Crippen molar-refractivity contribution in [2.75, 3.05) is 6.54 Å². The van der Waals surface area contributed by atoms with Gasteiger partial charge in [0.25, 0.3) is 0 Å².